The van der Waals surface area contributed by atoms with Crippen molar-refractivity contribution in [2.24, 2.45) is 0 Å². The highest BCUT2D eigenvalue weighted by molar-refractivity contribution is 5.93. The van der Waals surface area contributed by atoms with E-state index in [1.807, 2.05) is 66.9 Å². The molecule has 0 aliphatic rings. The predicted molar refractivity (Wildman–Crippen MR) is 92.0 cm³/mol. The first-order valence-corrected chi connectivity index (χ1v) is 7.85. The summed E-state index contributed by atoms with van der Waals surface area (Å²) in [6.45, 7) is 3.90. The van der Waals surface area contributed by atoms with Crippen molar-refractivity contribution in [3.63, 3.8) is 0 Å². The summed E-state index contributed by atoms with van der Waals surface area (Å²) >= 11 is 0. The lowest BCUT2D eigenvalue weighted by molar-refractivity contribution is 0.0931. The summed E-state index contributed by atoms with van der Waals surface area (Å²) in [7, 11) is 0. The fourth-order valence-corrected chi connectivity index (χ4v) is 2.75. The number of aromatic nitrogens is 2. The lowest BCUT2D eigenvalue weighted by Crippen LogP contribution is -2.26. The highest BCUT2D eigenvalue weighted by Gasteiger charge is 2.17. The first-order chi connectivity index (χ1) is 11.6. The second-order valence-corrected chi connectivity index (χ2v) is 5.98. The minimum absolute atomic E-state index is 0.218. The van der Waals surface area contributed by atoms with Crippen molar-refractivity contribution in [3.8, 4) is 0 Å². The summed E-state index contributed by atoms with van der Waals surface area (Å²) in [6.07, 6.45) is 3.63. The number of nitrogens with zero attached hydrogens (tertiary/aromatic N) is 2. The third kappa shape index (κ3) is 2.54. The molecule has 3 aromatic heterocycles. The monoisotopic (exact) mass is 319 g/mol. The van der Waals surface area contributed by atoms with Gasteiger partial charge in [0.25, 0.3) is 5.91 Å². The fraction of sp³-hybridized carbons (Fsp3) is 0.158. The Hall–Kier alpha value is -3.08. The average molecular weight is 319 g/mol. The van der Waals surface area contributed by atoms with Gasteiger partial charge in [-0.2, -0.15) is 0 Å². The van der Waals surface area contributed by atoms with Gasteiger partial charge in [-0.25, -0.2) is 4.98 Å². The zero-order valence-corrected chi connectivity index (χ0v) is 13.5. The molecule has 0 saturated heterocycles. The number of amides is 1. The number of fused-ring (bicyclic) bond motifs is 2. The van der Waals surface area contributed by atoms with Crippen LogP contribution in [0.15, 0.2) is 59.3 Å². The summed E-state index contributed by atoms with van der Waals surface area (Å²) in [5, 5.41) is 3.97. The van der Waals surface area contributed by atoms with Crippen LogP contribution in [-0.4, -0.2) is 15.3 Å². The quantitative estimate of drug-likeness (QED) is 0.623. The normalized spacial score (nSPS) is 12.6. The lowest BCUT2D eigenvalue weighted by atomic mass is 10.2. The van der Waals surface area contributed by atoms with Gasteiger partial charge in [-0.15, -0.1) is 0 Å². The molecule has 0 aliphatic carbocycles. The van der Waals surface area contributed by atoms with E-state index in [9.17, 15) is 4.79 Å². The number of nitrogens with one attached hydrogen (secondary N) is 1. The molecule has 4 aromatic rings. The standard InChI is InChI=1S/C19H17N3O2/c1-12-7-8-22-11-15(21-18(22)9-12)19(23)20-13(2)17-10-14-5-3-4-6-16(14)24-17/h3-11,13H,1-2H3,(H,20,23)/t13-/m0/s1. The predicted octanol–water partition coefficient (Wildman–Crippen LogP) is 3.88. The Morgan fingerprint density at radius 2 is 2.08 bits per heavy atom. The van der Waals surface area contributed by atoms with Gasteiger partial charge in [0.15, 0.2) is 0 Å². The van der Waals surface area contributed by atoms with Gasteiger partial charge in [0.05, 0.1) is 6.04 Å². The van der Waals surface area contributed by atoms with Crippen LogP contribution in [0.4, 0.5) is 0 Å². The molecule has 0 radical (unpaired) electrons. The largest absolute Gasteiger partial charge is 0.459 e. The summed E-state index contributed by atoms with van der Waals surface area (Å²) in [5.41, 5.74) is 3.08. The molecule has 24 heavy (non-hydrogen) atoms. The van der Waals surface area contributed by atoms with E-state index in [-0.39, 0.29) is 11.9 Å². The van der Waals surface area contributed by atoms with Gasteiger partial charge in [0.2, 0.25) is 0 Å². The number of pyridine rings is 1. The SMILES string of the molecule is Cc1ccn2cc(C(=O)N[C@@H](C)c3cc4ccccc4o3)nc2c1. The molecule has 120 valence electrons. The van der Waals surface area contributed by atoms with Crippen LogP contribution in [-0.2, 0) is 0 Å². The average Bonchev–Trinajstić information content (AvgIpc) is 3.18. The maximum absolute atomic E-state index is 12.5. The van der Waals surface area contributed by atoms with Crippen LogP contribution in [0.3, 0.4) is 0 Å². The molecule has 5 heteroatoms. The Balaban J connectivity index is 1.57. The van der Waals surface area contributed by atoms with Crippen LogP contribution in [0.1, 0.15) is 34.8 Å². The molecule has 4 rings (SSSR count). The molecule has 0 unspecified atom stereocenters. The second-order valence-electron chi connectivity index (χ2n) is 5.98. The molecule has 0 saturated carbocycles. The van der Waals surface area contributed by atoms with E-state index >= 15 is 0 Å². The Bertz CT molecular complexity index is 1010. The molecule has 1 aromatic carbocycles. The molecular formula is C19H17N3O2. The van der Waals surface area contributed by atoms with E-state index in [0.29, 0.717) is 5.69 Å². The summed E-state index contributed by atoms with van der Waals surface area (Å²) in [6, 6.07) is 13.4. The van der Waals surface area contributed by atoms with Gasteiger partial charge in [0.1, 0.15) is 22.7 Å². The van der Waals surface area contributed by atoms with Gasteiger partial charge in [-0.05, 0) is 43.7 Å². The number of rotatable bonds is 3. The van der Waals surface area contributed by atoms with Gasteiger partial charge in [-0.1, -0.05) is 18.2 Å². The summed E-state index contributed by atoms with van der Waals surface area (Å²) in [4.78, 5) is 16.9. The van der Waals surface area contributed by atoms with Crippen molar-refractivity contribution >= 4 is 22.5 Å². The molecule has 5 nitrogen and oxygen atoms in total. The number of carbonyl (C=O) groups excluding carboxylic acids is 1. The molecule has 1 N–H and O–H groups in total. The minimum Gasteiger partial charge on any atom is -0.459 e. The first kappa shape index (κ1) is 14.5. The molecule has 3 heterocycles. The van der Waals surface area contributed by atoms with Gasteiger partial charge in [-0.3, -0.25) is 4.79 Å². The molecule has 1 amide bonds. The van der Waals surface area contributed by atoms with Gasteiger partial charge < -0.3 is 14.1 Å². The van der Waals surface area contributed by atoms with Gasteiger partial charge in [0, 0.05) is 17.8 Å². The highest BCUT2D eigenvalue weighted by atomic mass is 16.3. The van der Waals surface area contributed by atoms with Crippen molar-refractivity contribution in [2.45, 2.75) is 19.9 Å². The van der Waals surface area contributed by atoms with Crippen LogP contribution >= 0.6 is 0 Å². The lowest BCUT2D eigenvalue weighted by Gasteiger charge is -2.09. The number of hydrogen-bond acceptors (Lipinski definition) is 3. The number of imidazole rings is 1. The van der Waals surface area contributed by atoms with E-state index in [1.54, 1.807) is 6.20 Å². The third-order valence-electron chi connectivity index (χ3n) is 4.07. The van der Waals surface area contributed by atoms with Gasteiger partial charge >= 0.3 is 0 Å². The minimum atomic E-state index is -0.239. The first-order valence-electron chi connectivity index (χ1n) is 7.85. The Kier molecular flexibility index (Phi) is 3.34. The number of hydrogen-bond donors (Lipinski definition) is 1. The Morgan fingerprint density at radius 1 is 1.25 bits per heavy atom. The number of para-hydroxylation sites is 1. The maximum atomic E-state index is 12.5. The number of aryl methyl sites for hydroxylation is 1. The third-order valence-corrected chi connectivity index (χ3v) is 4.07. The molecule has 0 aliphatic heterocycles. The van der Waals surface area contributed by atoms with Crippen molar-refractivity contribution in [3.05, 3.63) is 71.9 Å². The number of furan rings is 1. The molecule has 0 spiro atoms. The van der Waals surface area contributed by atoms with E-state index in [1.165, 1.54) is 0 Å². The van der Waals surface area contributed by atoms with Crippen molar-refractivity contribution in [1.82, 2.24) is 14.7 Å². The fourth-order valence-electron chi connectivity index (χ4n) is 2.75. The zero-order valence-electron chi connectivity index (χ0n) is 13.5. The Labute approximate surface area is 138 Å². The topological polar surface area (TPSA) is 59.5 Å². The highest BCUT2D eigenvalue weighted by Crippen LogP contribution is 2.23. The molecular weight excluding hydrogens is 302 g/mol. The van der Waals surface area contributed by atoms with E-state index in [2.05, 4.69) is 10.3 Å². The van der Waals surface area contributed by atoms with Crippen LogP contribution in [0.25, 0.3) is 16.6 Å². The number of carbonyl (C=O) groups is 1. The van der Waals surface area contributed by atoms with Crippen LogP contribution in [0.5, 0.6) is 0 Å². The number of benzene rings is 1. The van der Waals surface area contributed by atoms with Crippen LogP contribution in [0.2, 0.25) is 0 Å². The molecule has 1 atom stereocenters. The Morgan fingerprint density at radius 3 is 2.92 bits per heavy atom. The van der Waals surface area contributed by atoms with E-state index < -0.39 is 0 Å². The van der Waals surface area contributed by atoms with Crippen molar-refractivity contribution in [1.29, 1.82) is 0 Å². The van der Waals surface area contributed by atoms with Crippen molar-refractivity contribution < 1.29 is 9.21 Å². The van der Waals surface area contributed by atoms with E-state index in [4.69, 9.17) is 4.42 Å². The van der Waals surface area contributed by atoms with E-state index in [0.717, 1.165) is 27.9 Å². The van der Waals surface area contributed by atoms with Crippen LogP contribution < -0.4 is 5.32 Å². The summed E-state index contributed by atoms with van der Waals surface area (Å²) < 4.78 is 7.64. The maximum Gasteiger partial charge on any atom is 0.272 e. The molecule has 0 fully saturated rings. The smallest absolute Gasteiger partial charge is 0.272 e. The molecule has 0 bridgehead atoms. The zero-order chi connectivity index (χ0) is 16.7. The van der Waals surface area contributed by atoms with Crippen LogP contribution in [0, 0.1) is 6.92 Å². The second kappa shape index (κ2) is 5.53. The summed E-state index contributed by atoms with van der Waals surface area (Å²) in [5.74, 6) is 0.508. The van der Waals surface area contributed by atoms with Crippen molar-refractivity contribution in [2.75, 3.05) is 0 Å².